The number of nitrogens with zero attached hydrogens (tertiary/aromatic N) is 1. The summed E-state index contributed by atoms with van der Waals surface area (Å²) >= 11 is 0. The third-order valence-corrected chi connectivity index (χ3v) is 1.03. The van der Waals surface area contributed by atoms with Gasteiger partial charge in [0.05, 0.1) is 5.69 Å². The van der Waals surface area contributed by atoms with Crippen molar-refractivity contribution in [3.05, 3.63) is 28.2 Å². The van der Waals surface area contributed by atoms with E-state index < -0.39 is 5.63 Å². The molecule has 0 bridgehead atoms. The van der Waals surface area contributed by atoms with Crippen LogP contribution in [0.25, 0.3) is 0 Å². The predicted octanol–water partition coefficient (Wildman–Crippen LogP) is 0.597. The summed E-state index contributed by atoms with van der Waals surface area (Å²) in [5, 5.41) is 3.51. The van der Waals surface area contributed by atoms with Gasteiger partial charge in [-0.15, -0.1) is 0 Å². The number of aryl methyl sites for hydroxylation is 1. The summed E-state index contributed by atoms with van der Waals surface area (Å²) in [6.07, 6.45) is 0.795. The Labute approximate surface area is 52.3 Å². The Kier molecular flexibility index (Phi) is 1.63. The number of aromatic nitrogens is 1. The van der Waals surface area contributed by atoms with Crippen LogP contribution in [0, 0.1) is 0 Å². The Bertz CT molecular complexity index is 221. The summed E-state index contributed by atoms with van der Waals surface area (Å²) in [6.45, 7) is 1.95. The Morgan fingerprint density at radius 1 is 1.67 bits per heavy atom. The van der Waals surface area contributed by atoms with Gasteiger partial charge in [0, 0.05) is 6.07 Å². The lowest BCUT2D eigenvalue weighted by atomic mass is 10.3. The molecule has 0 aromatic carbocycles. The molecule has 0 amide bonds. The van der Waals surface area contributed by atoms with E-state index in [1.165, 1.54) is 6.07 Å². The Hall–Kier alpha value is -1.12. The topological polar surface area (TPSA) is 43.1 Å². The minimum atomic E-state index is -0.396. The second kappa shape index (κ2) is 2.44. The van der Waals surface area contributed by atoms with Crippen molar-refractivity contribution >= 4 is 0 Å². The van der Waals surface area contributed by atoms with Gasteiger partial charge in [-0.05, 0) is 12.5 Å². The van der Waals surface area contributed by atoms with Gasteiger partial charge in [-0.1, -0.05) is 12.1 Å². The van der Waals surface area contributed by atoms with Crippen molar-refractivity contribution in [2.24, 2.45) is 0 Å². The van der Waals surface area contributed by atoms with Crippen molar-refractivity contribution in [1.29, 1.82) is 0 Å². The van der Waals surface area contributed by atoms with Gasteiger partial charge in [-0.3, -0.25) is 0 Å². The average molecular weight is 125 g/mol. The van der Waals surface area contributed by atoms with E-state index in [9.17, 15) is 4.79 Å². The molecule has 48 valence electrons. The molecule has 0 aliphatic carbocycles. The molecule has 1 heterocycles. The van der Waals surface area contributed by atoms with Crippen LogP contribution in [0.4, 0.5) is 0 Å². The molecule has 1 aromatic rings. The van der Waals surface area contributed by atoms with E-state index in [4.69, 9.17) is 0 Å². The Balaban J connectivity index is 3.02. The van der Waals surface area contributed by atoms with E-state index in [2.05, 4.69) is 9.68 Å². The number of hydrogen-bond donors (Lipinski definition) is 0. The highest BCUT2D eigenvalue weighted by atomic mass is 16.5. The third kappa shape index (κ3) is 1.38. The van der Waals surface area contributed by atoms with Crippen LogP contribution in [0.2, 0.25) is 0 Å². The highest BCUT2D eigenvalue weighted by molar-refractivity contribution is 4.96. The zero-order valence-electron chi connectivity index (χ0n) is 5.13. The Morgan fingerprint density at radius 3 is 2.89 bits per heavy atom. The summed E-state index contributed by atoms with van der Waals surface area (Å²) < 4.78 is 4.34. The summed E-state index contributed by atoms with van der Waals surface area (Å²) in [4.78, 5) is 10.3. The van der Waals surface area contributed by atoms with Crippen molar-refractivity contribution in [2.75, 3.05) is 0 Å². The van der Waals surface area contributed by atoms with Crippen LogP contribution in [-0.4, -0.2) is 5.16 Å². The molecule has 0 saturated heterocycles. The van der Waals surface area contributed by atoms with Crippen LogP contribution in [0.15, 0.2) is 21.5 Å². The molecule has 0 spiro atoms. The maximum atomic E-state index is 10.3. The molecule has 9 heavy (non-hydrogen) atoms. The SMILES string of the molecule is CCc1ccc(=O)on1. The van der Waals surface area contributed by atoms with Crippen LogP contribution >= 0.6 is 0 Å². The van der Waals surface area contributed by atoms with Crippen LogP contribution in [-0.2, 0) is 6.42 Å². The summed E-state index contributed by atoms with van der Waals surface area (Å²) in [5.74, 6) is 0. The summed E-state index contributed by atoms with van der Waals surface area (Å²) in [5.41, 5.74) is 0.404. The van der Waals surface area contributed by atoms with Gasteiger partial charge in [0.25, 0.3) is 0 Å². The molecule has 0 radical (unpaired) electrons. The van der Waals surface area contributed by atoms with Crippen LogP contribution in [0.5, 0.6) is 0 Å². The van der Waals surface area contributed by atoms with E-state index in [0.717, 1.165) is 12.1 Å². The Morgan fingerprint density at radius 2 is 2.44 bits per heavy atom. The quantitative estimate of drug-likeness (QED) is 0.552. The van der Waals surface area contributed by atoms with E-state index in [1.807, 2.05) is 6.92 Å². The molecule has 0 saturated carbocycles. The molecule has 1 rings (SSSR count). The third-order valence-electron chi connectivity index (χ3n) is 1.03. The normalized spacial score (nSPS) is 9.44. The highest BCUT2D eigenvalue weighted by Crippen LogP contribution is 1.88. The van der Waals surface area contributed by atoms with Gasteiger partial charge in [0.15, 0.2) is 0 Å². The van der Waals surface area contributed by atoms with E-state index in [-0.39, 0.29) is 0 Å². The predicted molar refractivity (Wildman–Crippen MR) is 32.2 cm³/mol. The van der Waals surface area contributed by atoms with E-state index >= 15 is 0 Å². The lowest BCUT2D eigenvalue weighted by molar-refractivity contribution is 0.360. The van der Waals surface area contributed by atoms with Gasteiger partial charge in [0.1, 0.15) is 0 Å². The molecule has 0 fully saturated rings. The van der Waals surface area contributed by atoms with Crippen LogP contribution < -0.4 is 5.63 Å². The minimum Gasteiger partial charge on any atom is -0.313 e. The first kappa shape index (κ1) is 6.01. The van der Waals surface area contributed by atoms with Gasteiger partial charge in [0.2, 0.25) is 0 Å². The molecule has 0 N–H and O–H groups in total. The molecule has 0 aliphatic rings. The van der Waals surface area contributed by atoms with Crippen molar-refractivity contribution in [3.8, 4) is 0 Å². The maximum Gasteiger partial charge on any atom is 0.358 e. The smallest absolute Gasteiger partial charge is 0.313 e. The number of rotatable bonds is 1. The molecular formula is C6H7NO2. The molecule has 0 atom stereocenters. The second-order valence-electron chi connectivity index (χ2n) is 1.68. The first-order valence-electron chi connectivity index (χ1n) is 2.79. The first-order valence-corrected chi connectivity index (χ1v) is 2.79. The molecule has 0 aliphatic heterocycles. The fourth-order valence-electron chi connectivity index (χ4n) is 0.511. The van der Waals surface area contributed by atoms with Crippen molar-refractivity contribution in [3.63, 3.8) is 0 Å². The molecule has 3 nitrogen and oxygen atoms in total. The first-order chi connectivity index (χ1) is 4.33. The van der Waals surface area contributed by atoms with Gasteiger partial charge in [-0.25, -0.2) is 4.79 Å². The van der Waals surface area contributed by atoms with Crippen molar-refractivity contribution < 1.29 is 4.52 Å². The lowest BCUT2D eigenvalue weighted by Crippen LogP contribution is -1.98. The standard InChI is InChI=1S/C6H7NO2/c1-2-5-3-4-6(8)9-7-5/h3-4H,2H2,1H3. The van der Waals surface area contributed by atoms with Crippen LogP contribution in [0.1, 0.15) is 12.6 Å². The van der Waals surface area contributed by atoms with Gasteiger partial charge >= 0.3 is 5.63 Å². The fraction of sp³-hybridized carbons (Fsp3) is 0.333. The van der Waals surface area contributed by atoms with E-state index in [1.54, 1.807) is 6.07 Å². The van der Waals surface area contributed by atoms with Crippen LogP contribution in [0.3, 0.4) is 0 Å². The largest absolute Gasteiger partial charge is 0.358 e. The lowest BCUT2D eigenvalue weighted by Gasteiger charge is -1.86. The maximum absolute atomic E-state index is 10.3. The van der Waals surface area contributed by atoms with Gasteiger partial charge in [-0.2, -0.15) is 0 Å². The fourth-order valence-corrected chi connectivity index (χ4v) is 0.511. The summed E-state index contributed by atoms with van der Waals surface area (Å²) in [7, 11) is 0. The zero-order chi connectivity index (χ0) is 6.69. The van der Waals surface area contributed by atoms with Gasteiger partial charge < -0.3 is 4.52 Å². The van der Waals surface area contributed by atoms with Crippen molar-refractivity contribution in [2.45, 2.75) is 13.3 Å². The highest BCUT2D eigenvalue weighted by Gasteiger charge is 1.88. The second-order valence-corrected chi connectivity index (χ2v) is 1.68. The number of hydrogen-bond acceptors (Lipinski definition) is 3. The molecule has 0 unspecified atom stereocenters. The monoisotopic (exact) mass is 125 g/mol. The molecule has 1 aromatic heterocycles. The minimum absolute atomic E-state index is 0.396. The zero-order valence-corrected chi connectivity index (χ0v) is 5.13. The average Bonchev–Trinajstić information content (AvgIpc) is 1.90. The summed E-state index contributed by atoms with van der Waals surface area (Å²) in [6, 6.07) is 3.03. The molecule has 3 heteroatoms. The van der Waals surface area contributed by atoms with Crippen molar-refractivity contribution in [1.82, 2.24) is 5.16 Å². The van der Waals surface area contributed by atoms with E-state index in [0.29, 0.717) is 0 Å². The molecular weight excluding hydrogens is 118 g/mol.